The Balaban J connectivity index is 2.14. The van der Waals surface area contributed by atoms with Gasteiger partial charge in [0.25, 0.3) is 0 Å². The van der Waals surface area contributed by atoms with E-state index in [9.17, 15) is 0 Å². The highest BCUT2D eigenvalue weighted by atomic mass is 15.3. The molecule has 1 aliphatic rings. The van der Waals surface area contributed by atoms with Crippen molar-refractivity contribution in [3.8, 4) is 0 Å². The Bertz CT molecular complexity index is 426. The number of rotatable bonds is 5. The van der Waals surface area contributed by atoms with Crippen molar-refractivity contribution >= 4 is 0 Å². The molecule has 1 N–H and O–H groups in total. The molecule has 1 saturated heterocycles. The van der Waals surface area contributed by atoms with Crippen molar-refractivity contribution in [1.29, 1.82) is 0 Å². The van der Waals surface area contributed by atoms with Crippen LogP contribution in [0.25, 0.3) is 0 Å². The summed E-state index contributed by atoms with van der Waals surface area (Å²) < 4.78 is 0. The molecule has 0 spiro atoms. The highest BCUT2D eigenvalue weighted by Gasteiger charge is 2.35. The zero-order valence-electron chi connectivity index (χ0n) is 13.4. The molecule has 1 aromatic rings. The SMILES string of the molecule is CCc1cccnc1CN1CC(CC)(CC)NCC1C. The van der Waals surface area contributed by atoms with Crippen LogP contribution in [-0.4, -0.2) is 34.6 Å². The van der Waals surface area contributed by atoms with Crippen LogP contribution in [0.4, 0.5) is 0 Å². The fraction of sp³-hybridized carbons (Fsp3) is 0.706. The monoisotopic (exact) mass is 275 g/mol. The van der Waals surface area contributed by atoms with Crippen molar-refractivity contribution in [2.24, 2.45) is 0 Å². The van der Waals surface area contributed by atoms with Gasteiger partial charge in [-0.15, -0.1) is 0 Å². The van der Waals surface area contributed by atoms with Crippen LogP contribution in [0.1, 0.15) is 51.8 Å². The Morgan fingerprint density at radius 2 is 2.10 bits per heavy atom. The Hall–Kier alpha value is -0.930. The van der Waals surface area contributed by atoms with Crippen LogP contribution < -0.4 is 5.32 Å². The summed E-state index contributed by atoms with van der Waals surface area (Å²) in [6.45, 7) is 12.3. The van der Waals surface area contributed by atoms with Gasteiger partial charge in [0.15, 0.2) is 0 Å². The number of nitrogens with one attached hydrogen (secondary N) is 1. The second-order valence-electron chi connectivity index (χ2n) is 6.09. The van der Waals surface area contributed by atoms with Gasteiger partial charge in [-0.2, -0.15) is 0 Å². The van der Waals surface area contributed by atoms with E-state index in [0.717, 1.165) is 26.1 Å². The first-order chi connectivity index (χ1) is 9.64. The van der Waals surface area contributed by atoms with Crippen molar-refractivity contribution < 1.29 is 0 Å². The molecule has 0 aromatic carbocycles. The average molecular weight is 275 g/mol. The van der Waals surface area contributed by atoms with Gasteiger partial charge in [0.2, 0.25) is 0 Å². The van der Waals surface area contributed by atoms with E-state index in [4.69, 9.17) is 0 Å². The lowest BCUT2D eigenvalue weighted by Gasteiger charge is -2.46. The minimum absolute atomic E-state index is 0.285. The van der Waals surface area contributed by atoms with E-state index in [1.165, 1.54) is 24.1 Å². The molecule has 20 heavy (non-hydrogen) atoms. The van der Waals surface area contributed by atoms with E-state index in [1.807, 2.05) is 12.3 Å². The van der Waals surface area contributed by atoms with Crippen LogP contribution in [0.3, 0.4) is 0 Å². The van der Waals surface area contributed by atoms with Gasteiger partial charge in [0.1, 0.15) is 0 Å². The number of pyridine rings is 1. The van der Waals surface area contributed by atoms with Crippen LogP contribution in [0.2, 0.25) is 0 Å². The first kappa shape index (κ1) is 15.5. The van der Waals surface area contributed by atoms with Gasteiger partial charge in [0.05, 0.1) is 5.69 Å². The van der Waals surface area contributed by atoms with Crippen LogP contribution in [-0.2, 0) is 13.0 Å². The summed E-state index contributed by atoms with van der Waals surface area (Å²) in [5.74, 6) is 0. The van der Waals surface area contributed by atoms with Gasteiger partial charge in [-0.1, -0.05) is 26.8 Å². The summed E-state index contributed by atoms with van der Waals surface area (Å²) >= 11 is 0. The minimum Gasteiger partial charge on any atom is -0.308 e. The van der Waals surface area contributed by atoms with E-state index in [1.54, 1.807) is 0 Å². The third kappa shape index (κ3) is 3.21. The first-order valence-electron chi connectivity index (χ1n) is 8.06. The third-order valence-corrected chi connectivity index (χ3v) is 4.97. The van der Waals surface area contributed by atoms with E-state index in [2.05, 4.69) is 49.0 Å². The molecule has 0 bridgehead atoms. The zero-order chi connectivity index (χ0) is 14.6. The molecule has 1 atom stereocenters. The Morgan fingerprint density at radius 3 is 2.75 bits per heavy atom. The molecule has 1 unspecified atom stereocenters. The number of hydrogen-bond donors (Lipinski definition) is 1. The molecule has 2 heterocycles. The lowest BCUT2D eigenvalue weighted by atomic mass is 9.88. The van der Waals surface area contributed by atoms with Crippen LogP contribution in [0, 0.1) is 0 Å². The van der Waals surface area contributed by atoms with Crippen molar-refractivity contribution in [3.05, 3.63) is 29.6 Å². The molecule has 0 aliphatic carbocycles. The summed E-state index contributed by atoms with van der Waals surface area (Å²) in [5.41, 5.74) is 2.93. The maximum atomic E-state index is 4.62. The summed E-state index contributed by atoms with van der Waals surface area (Å²) in [5, 5.41) is 3.76. The molecule has 3 nitrogen and oxygen atoms in total. The van der Waals surface area contributed by atoms with E-state index in [-0.39, 0.29) is 5.54 Å². The second kappa shape index (κ2) is 6.68. The number of aryl methyl sites for hydroxylation is 1. The summed E-state index contributed by atoms with van der Waals surface area (Å²) in [6.07, 6.45) is 5.37. The normalized spacial score (nSPS) is 22.9. The fourth-order valence-electron chi connectivity index (χ4n) is 3.16. The van der Waals surface area contributed by atoms with E-state index < -0.39 is 0 Å². The minimum atomic E-state index is 0.285. The Labute approximate surface area is 123 Å². The summed E-state index contributed by atoms with van der Waals surface area (Å²) in [4.78, 5) is 7.22. The average Bonchev–Trinajstić information content (AvgIpc) is 2.50. The largest absolute Gasteiger partial charge is 0.308 e. The number of aromatic nitrogens is 1. The van der Waals surface area contributed by atoms with Gasteiger partial charge in [0, 0.05) is 37.4 Å². The van der Waals surface area contributed by atoms with Crippen LogP contribution >= 0.6 is 0 Å². The number of piperazine rings is 1. The predicted molar refractivity (Wildman–Crippen MR) is 84.8 cm³/mol. The maximum absolute atomic E-state index is 4.62. The van der Waals surface area contributed by atoms with Gasteiger partial charge in [-0.05, 0) is 37.8 Å². The number of nitrogens with zero attached hydrogens (tertiary/aromatic N) is 2. The lowest BCUT2D eigenvalue weighted by Crippen LogP contribution is -2.62. The molecule has 0 saturated carbocycles. The lowest BCUT2D eigenvalue weighted by molar-refractivity contribution is 0.0733. The van der Waals surface area contributed by atoms with Crippen LogP contribution in [0.15, 0.2) is 18.3 Å². The third-order valence-electron chi connectivity index (χ3n) is 4.97. The predicted octanol–water partition coefficient (Wildman–Crippen LogP) is 3.00. The molecule has 1 aromatic heterocycles. The molecule has 3 heteroatoms. The standard InChI is InChI=1S/C17H29N3/c1-5-15-9-8-10-18-16(15)12-20-13-17(6-2,7-3)19-11-14(20)4/h8-10,14,19H,5-7,11-13H2,1-4H3. The van der Waals surface area contributed by atoms with Crippen molar-refractivity contribution in [2.75, 3.05) is 13.1 Å². The fourth-order valence-corrected chi connectivity index (χ4v) is 3.16. The molecule has 112 valence electrons. The van der Waals surface area contributed by atoms with Gasteiger partial charge in [-0.25, -0.2) is 0 Å². The Morgan fingerprint density at radius 1 is 1.35 bits per heavy atom. The quantitative estimate of drug-likeness (QED) is 0.895. The maximum Gasteiger partial charge on any atom is 0.0575 e. The van der Waals surface area contributed by atoms with Gasteiger partial charge in [-0.3, -0.25) is 9.88 Å². The molecule has 0 radical (unpaired) electrons. The van der Waals surface area contributed by atoms with Gasteiger partial charge >= 0.3 is 0 Å². The summed E-state index contributed by atoms with van der Waals surface area (Å²) in [7, 11) is 0. The smallest absolute Gasteiger partial charge is 0.0575 e. The van der Waals surface area contributed by atoms with Gasteiger partial charge < -0.3 is 5.32 Å². The molecule has 1 aliphatic heterocycles. The van der Waals surface area contributed by atoms with Crippen molar-refractivity contribution in [3.63, 3.8) is 0 Å². The first-order valence-corrected chi connectivity index (χ1v) is 8.06. The highest BCUT2D eigenvalue weighted by molar-refractivity contribution is 5.20. The Kier molecular flexibility index (Phi) is 5.17. The molecular weight excluding hydrogens is 246 g/mol. The highest BCUT2D eigenvalue weighted by Crippen LogP contribution is 2.24. The molecule has 1 fully saturated rings. The molecular formula is C17H29N3. The molecule has 2 rings (SSSR count). The number of hydrogen-bond acceptors (Lipinski definition) is 3. The van der Waals surface area contributed by atoms with E-state index >= 15 is 0 Å². The van der Waals surface area contributed by atoms with E-state index in [0.29, 0.717) is 6.04 Å². The van der Waals surface area contributed by atoms with Crippen molar-refractivity contribution in [2.45, 2.75) is 65.1 Å². The topological polar surface area (TPSA) is 28.2 Å². The van der Waals surface area contributed by atoms with Crippen LogP contribution in [0.5, 0.6) is 0 Å². The zero-order valence-corrected chi connectivity index (χ0v) is 13.4. The van der Waals surface area contributed by atoms with Crippen molar-refractivity contribution in [1.82, 2.24) is 15.2 Å². The second-order valence-corrected chi connectivity index (χ2v) is 6.09. The summed E-state index contributed by atoms with van der Waals surface area (Å²) in [6, 6.07) is 4.83. The molecule has 0 amide bonds.